The zero-order valence-corrected chi connectivity index (χ0v) is 21.2. The molecule has 4 aromatic heterocycles. The molecule has 6 aromatic rings. The average molecular weight is 544 g/mol. The minimum absolute atomic E-state index is 0.0937. The van der Waals surface area contributed by atoms with Crippen LogP contribution in [0.25, 0.3) is 22.1 Å². The van der Waals surface area contributed by atoms with Gasteiger partial charge in [-0.2, -0.15) is 0 Å². The standard InChI is InChI=1S/C27H18ClN5O4S/c28-18-11-24-27(30-13-18)32(17-31-24)16-26(34)23-15-33(38(35,36)21-6-2-1-3-7-21)25-12-19(8-9-22(23)25)37-20-5-4-10-29-14-20/h1-15,17H,16H2. The summed E-state index contributed by atoms with van der Waals surface area (Å²) in [6.07, 6.45) is 7.52. The van der Waals surface area contributed by atoms with Gasteiger partial charge in [-0.3, -0.25) is 9.78 Å². The predicted molar refractivity (Wildman–Crippen MR) is 142 cm³/mol. The van der Waals surface area contributed by atoms with E-state index in [4.69, 9.17) is 16.3 Å². The maximum absolute atomic E-state index is 13.6. The van der Waals surface area contributed by atoms with Gasteiger partial charge in [0.15, 0.2) is 11.4 Å². The van der Waals surface area contributed by atoms with Crippen LogP contribution in [0.4, 0.5) is 0 Å². The normalized spacial score (nSPS) is 11.7. The van der Waals surface area contributed by atoms with E-state index in [1.54, 1.807) is 71.6 Å². The Balaban J connectivity index is 1.46. The van der Waals surface area contributed by atoms with Gasteiger partial charge in [0, 0.05) is 35.6 Å². The molecule has 0 fully saturated rings. The molecular weight excluding hydrogens is 526 g/mol. The molecule has 0 unspecified atom stereocenters. The van der Waals surface area contributed by atoms with E-state index in [0.717, 1.165) is 3.97 Å². The zero-order valence-electron chi connectivity index (χ0n) is 19.6. The van der Waals surface area contributed by atoms with Crippen LogP contribution in [0, 0.1) is 0 Å². The molecule has 0 aliphatic heterocycles. The molecule has 0 radical (unpaired) electrons. The van der Waals surface area contributed by atoms with Gasteiger partial charge in [0.2, 0.25) is 0 Å². The van der Waals surface area contributed by atoms with Gasteiger partial charge in [0.25, 0.3) is 10.0 Å². The van der Waals surface area contributed by atoms with E-state index < -0.39 is 10.0 Å². The number of hydrogen-bond acceptors (Lipinski definition) is 7. The van der Waals surface area contributed by atoms with E-state index in [9.17, 15) is 13.2 Å². The van der Waals surface area contributed by atoms with E-state index >= 15 is 0 Å². The number of carbonyl (C=O) groups is 1. The van der Waals surface area contributed by atoms with E-state index in [-0.39, 0.29) is 22.8 Å². The summed E-state index contributed by atoms with van der Waals surface area (Å²) in [4.78, 5) is 26.2. The van der Waals surface area contributed by atoms with Gasteiger partial charge in [-0.25, -0.2) is 22.4 Å². The van der Waals surface area contributed by atoms with Crippen LogP contribution in [-0.4, -0.2) is 37.7 Å². The van der Waals surface area contributed by atoms with E-state index in [2.05, 4.69) is 15.0 Å². The van der Waals surface area contributed by atoms with Crippen LogP contribution in [-0.2, 0) is 16.6 Å². The molecule has 0 saturated heterocycles. The third kappa shape index (κ3) is 4.29. The first-order valence-corrected chi connectivity index (χ1v) is 13.3. The SMILES string of the molecule is O=C(Cn1cnc2cc(Cl)cnc21)c1cn(S(=O)(=O)c2ccccc2)c2cc(Oc3cccnc3)ccc12. The Morgan fingerprint density at radius 3 is 2.58 bits per heavy atom. The second kappa shape index (κ2) is 9.40. The highest BCUT2D eigenvalue weighted by Gasteiger charge is 2.25. The van der Waals surface area contributed by atoms with Crippen LogP contribution in [0.15, 0.2) is 103 Å². The van der Waals surface area contributed by atoms with E-state index in [1.165, 1.54) is 30.9 Å². The number of ketones is 1. The molecule has 2 aromatic carbocycles. The summed E-state index contributed by atoms with van der Waals surface area (Å²) in [5.74, 6) is 0.578. The number of benzene rings is 2. The van der Waals surface area contributed by atoms with Crippen LogP contribution < -0.4 is 4.74 Å². The van der Waals surface area contributed by atoms with Crippen molar-refractivity contribution in [2.24, 2.45) is 0 Å². The molecule has 188 valence electrons. The number of nitrogens with zero attached hydrogens (tertiary/aromatic N) is 5. The largest absolute Gasteiger partial charge is 0.456 e. The molecule has 9 nitrogen and oxygen atoms in total. The lowest BCUT2D eigenvalue weighted by Gasteiger charge is -2.09. The van der Waals surface area contributed by atoms with Crippen molar-refractivity contribution in [1.29, 1.82) is 0 Å². The molecule has 0 N–H and O–H groups in total. The summed E-state index contributed by atoms with van der Waals surface area (Å²) >= 11 is 6.00. The highest BCUT2D eigenvalue weighted by atomic mass is 35.5. The molecule has 0 amide bonds. The smallest absolute Gasteiger partial charge is 0.268 e. The van der Waals surface area contributed by atoms with Gasteiger partial charge < -0.3 is 9.30 Å². The van der Waals surface area contributed by atoms with Crippen LogP contribution >= 0.6 is 11.6 Å². The molecule has 0 bridgehead atoms. The van der Waals surface area contributed by atoms with Gasteiger partial charge in [-0.15, -0.1) is 0 Å². The Morgan fingerprint density at radius 1 is 0.947 bits per heavy atom. The van der Waals surface area contributed by atoms with Crippen molar-refractivity contribution in [2.45, 2.75) is 11.4 Å². The minimum atomic E-state index is -4.02. The Kier molecular flexibility index (Phi) is 5.90. The summed E-state index contributed by atoms with van der Waals surface area (Å²) in [6.45, 7) is -0.0937. The fraction of sp³-hybridized carbons (Fsp3) is 0.0370. The predicted octanol–water partition coefficient (Wildman–Crippen LogP) is 5.35. The third-order valence-electron chi connectivity index (χ3n) is 5.95. The third-order valence-corrected chi connectivity index (χ3v) is 7.84. The average Bonchev–Trinajstić information content (AvgIpc) is 3.51. The Morgan fingerprint density at radius 2 is 1.79 bits per heavy atom. The first-order valence-electron chi connectivity index (χ1n) is 11.4. The quantitative estimate of drug-likeness (QED) is 0.250. The number of pyridine rings is 2. The van der Waals surface area contributed by atoms with Crippen LogP contribution in [0.5, 0.6) is 11.5 Å². The molecular formula is C27H18ClN5O4S. The minimum Gasteiger partial charge on any atom is -0.456 e. The van der Waals surface area contributed by atoms with Gasteiger partial charge in [0.05, 0.1) is 34.5 Å². The van der Waals surface area contributed by atoms with Crippen LogP contribution in [0.2, 0.25) is 5.02 Å². The molecule has 11 heteroatoms. The topological polar surface area (TPSA) is 109 Å². The Bertz CT molecular complexity index is 1920. The fourth-order valence-electron chi connectivity index (χ4n) is 4.19. The summed E-state index contributed by atoms with van der Waals surface area (Å²) in [7, 11) is -4.02. The fourth-order valence-corrected chi connectivity index (χ4v) is 5.73. The number of rotatable bonds is 7. The summed E-state index contributed by atoms with van der Waals surface area (Å²) in [6, 6.07) is 18.1. The lowest BCUT2D eigenvalue weighted by atomic mass is 10.1. The number of fused-ring (bicyclic) bond motifs is 2. The number of ether oxygens (including phenoxy) is 1. The van der Waals surface area contributed by atoms with Crippen molar-refractivity contribution in [2.75, 3.05) is 0 Å². The number of imidazole rings is 1. The summed E-state index contributed by atoms with van der Waals surface area (Å²) in [5, 5.41) is 0.904. The van der Waals surface area contributed by atoms with Crippen molar-refractivity contribution < 1.29 is 17.9 Å². The van der Waals surface area contributed by atoms with Gasteiger partial charge in [-0.1, -0.05) is 29.8 Å². The number of aromatic nitrogens is 5. The van der Waals surface area contributed by atoms with E-state index in [0.29, 0.717) is 38.6 Å². The maximum Gasteiger partial charge on any atom is 0.268 e. The van der Waals surface area contributed by atoms with Crippen LogP contribution in [0.1, 0.15) is 10.4 Å². The van der Waals surface area contributed by atoms with E-state index in [1.807, 2.05) is 0 Å². The number of Topliss-reactive ketones (excluding diaryl/α,β-unsaturated/α-hetero) is 1. The first-order chi connectivity index (χ1) is 18.4. The molecule has 0 atom stereocenters. The van der Waals surface area contributed by atoms with Crippen LogP contribution in [0.3, 0.4) is 0 Å². The number of carbonyl (C=O) groups excluding carboxylic acids is 1. The molecule has 4 heterocycles. The lowest BCUT2D eigenvalue weighted by Crippen LogP contribution is -2.13. The van der Waals surface area contributed by atoms with Gasteiger partial charge in [0.1, 0.15) is 17.0 Å². The van der Waals surface area contributed by atoms with Gasteiger partial charge in [-0.05, 0) is 42.5 Å². The lowest BCUT2D eigenvalue weighted by molar-refractivity contribution is 0.0974. The zero-order chi connectivity index (χ0) is 26.3. The molecule has 6 rings (SSSR count). The maximum atomic E-state index is 13.6. The highest BCUT2D eigenvalue weighted by molar-refractivity contribution is 7.90. The van der Waals surface area contributed by atoms with Crippen molar-refractivity contribution in [3.63, 3.8) is 0 Å². The molecule has 0 spiro atoms. The monoisotopic (exact) mass is 543 g/mol. The Labute approximate surface area is 222 Å². The van der Waals surface area contributed by atoms with Crippen molar-refractivity contribution in [1.82, 2.24) is 23.5 Å². The second-order valence-corrected chi connectivity index (χ2v) is 10.7. The van der Waals surface area contributed by atoms with Gasteiger partial charge >= 0.3 is 0 Å². The molecule has 0 aliphatic carbocycles. The van der Waals surface area contributed by atoms with Crippen molar-refractivity contribution >= 4 is 49.5 Å². The molecule has 0 aliphatic rings. The highest BCUT2D eigenvalue weighted by Crippen LogP contribution is 2.32. The summed E-state index contributed by atoms with van der Waals surface area (Å²) in [5.41, 5.74) is 1.59. The summed E-state index contributed by atoms with van der Waals surface area (Å²) < 4.78 is 35.9. The second-order valence-electron chi connectivity index (χ2n) is 8.42. The number of halogens is 1. The Hall–Kier alpha value is -4.54. The molecule has 38 heavy (non-hydrogen) atoms. The number of hydrogen-bond donors (Lipinski definition) is 0. The molecule has 0 saturated carbocycles. The van der Waals surface area contributed by atoms with Crippen molar-refractivity contribution in [3.8, 4) is 11.5 Å². The first kappa shape index (κ1) is 23.8. The van der Waals surface area contributed by atoms with Crippen molar-refractivity contribution in [3.05, 3.63) is 108 Å².